The van der Waals surface area contributed by atoms with Gasteiger partial charge in [-0.25, -0.2) is 0 Å². The Kier molecular flexibility index (Phi) is 7.26. The summed E-state index contributed by atoms with van der Waals surface area (Å²) < 4.78 is 4.86. The summed E-state index contributed by atoms with van der Waals surface area (Å²) in [5.41, 5.74) is 0. The number of hydrogen-bond acceptors (Lipinski definition) is 2. The van der Waals surface area contributed by atoms with Gasteiger partial charge in [0.15, 0.2) is 0 Å². The van der Waals surface area contributed by atoms with E-state index in [-0.39, 0.29) is 11.9 Å². The lowest BCUT2D eigenvalue weighted by atomic mass is 10.1. The Morgan fingerprint density at radius 2 is 2.17 bits per heavy atom. The fourth-order valence-electron chi connectivity index (χ4n) is 0.947. The summed E-state index contributed by atoms with van der Waals surface area (Å²) >= 11 is 5.51. The summed E-state index contributed by atoms with van der Waals surface area (Å²) in [5.74, 6) is 0.607. The monoisotopic (exact) mass is 192 g/mol. The van der Waals surface area contributed by atoms with Crippen LogP contribution in [0, 0.1) is 5.92 Å². The number of halogens is 1. The molecule has 1 atom stereocenters. The van der Waals surface area contributed by atoms with Crippen LogP contribution in [0.1, 0.15) is 33.1 Å². The van der Waals surface area contributed by atoms with Crippen LogP contribution in [-0.2, 0) is 9.53 Å². The predicted molar refractivity (Wildman–Crippen MR) is 50.4 cm³/mol. The number of carbonyl (C=O) groups excluding carboxylic acids is 1. The molecule has 0 saturated heterocycles. The highest BCUT2D eigenvalue weighted by molar-refractivity contribution is 6.17. The van der Waals surface area contributed by atoms with E-state index in [2.05, 4.69) is 0 Å². The quantitative estimate of drug-likeness (QED) is 0.367. The Hall–Kier alpha value is -0.240. The topological polar surface area (TPSA) is 26.3 Å². The number of esters is 1. The lowest BCUT2D eigenvalue weighted by Crippen LogP contribution is -2.14. The van der Waals surface area contributed by atoms with Crippen molar-refractivity contribution < 1.29 is 9.53 Å². The molecule has 0 bridgehead atoms. The maximum atomic E-state index is 11.1. The van der Waals surface area contributed by atoms with Crippen molar-refractivity contribution in [3.05, 3.63) is 0 Å². The van der Waals surface area contributed by atoms with Gasteiger partial charge in [0.05, 0.1) is 12.5 Å². The lowest BCUT2D eigenvalue weighted by Gasteiger charge is -2.08. The van der Waals surface area contributed by atoms with E-state index in [4.69, 9.17) is 16.3 Å². The van der Waals surface area contributed by atoms with Crippen LogP contribution in [0.3, 0.4) is 0 Å². The van der Waals surface area contributed by atoms with Crippen molar-refractivity contribution >= 4 is 17.6 Å². The smallest absolute Gasteiger partial charge is 0.308 e. The molecule has 0 saturated carbocycles. The number of unbranched alkanes of at least 4 members (excludes halogenated alkanes) is 1. The highest BCUT2D eigenvalue weighted by Crippen LogP contribution is 2.09. The maximum Gasteiger partial charge on any atom is 0.308 e. The Morgan fingerprint density at radius 1 is 1.50 bits per heavy atom. The van der Waals surface area contributed by atoms with Gasteiger partial charge in [0.1, 0.15) is 0 Å². The van der Waals surface area contributed by atoms with E-state index in [1.165, 1.54) is 0 Å². The number of rotatable bonds is 6. The Morgan fingerprint density at radius 3 is 2.67 bits per heavy atom. The highest BCUT2D eigenvalue weighted by atomic mass is 35.5. The molecular weight excluding hydrogens is 176 g/mol. The summed E-state index contributed by atoms with van der Waals surface area (Å²) in [7, 11) is 0. The summed E-state index contributed by atoms with van der Waals surface area (Å²) in [4.78, 5) is 11.1. The van der Waals surface area contributed by atoms with Crippen molar-refractivity contribution in [3.8, 4) is 0 Å². The zero-order valence-corrected chi connectivity index (χ0v) is 8.56. The van der Waals surface area contributed by atoms with Crippen molar-refractivity contribution in [2.24, 2.45) is 5.92 Å². The fourth-order valence-corrected chi connectivity index (χ4v) is 1.14. The number of alkyl halides is 1. The molecule has 0 aromatic heterocycles. The average Bonchev–Trinajstić information content (AvgIpc) is 2.05. The highest BCUT2D eigenvalue weighted by Gasteiger charge is 2.12. The van der Waals surface area contributed by atoms with E-state index in [9.17, 15) is 4.79 Å². The van der Waals surface area contributed by atoms with E-state index < -0.39 is 0 Å². The first-order chi connectivity index (χ1) is 5.72. The zero-order valence-electron chi connectivity index (χ0n) is 7.81. The molecule has 0 aliphatic heterocycles. The first kappa shape index (κ1) is 11.8. The van der Waals surface area contributed by atoms with Gasteiger partial charge in [0.2, 0.25) is 0 Å². The van der Waals surface area contributed by atoms with Gasteiger partial charge in [-0.3, -0.25) is 4.79 Å². The minimum absolute atomic E-state index is 0.0215. The maximum absolute atomic E-state index is 11.1. The van der Waals surface area contributed by atoms with Crippen molar-refractivity contribution in [1.82, 2.24) is 0 Å². The van der Waals surface area contributed by atoms with E-state index in [0.29, 0.717) is 12.5 Å². The average molecular weight is 193 g/mol. The van der Waals surface area contributed by atoms with Gasteiger partial charge < -0.3 is 4.74 Å². The molecule has 0 aromatic carbocycles. The summed E-state index contributed by atoms with van der Waals surface area (Å²) in [6.45, 7) is 4.19. The largest absolute Gasteiger partial charge is 0.466 e. The van der Waals surface area contributed by atoms with Gasteiger partial charge >= 0.3 is 5.97 Å². The van der Waals surface area contributed by atoms with Crippen LogP contribution in [0.5, 0.6) is 0 Å². The minimum Gasteiger partial charge on any atom is -0.466 e. The van der Waals surface area contributed by atoms with E-state index in [1.807, 2.05) is 13.8 Å². The Labute approximate surface area is 79.2 Å². The molecule has 3 heteroatoms. The van der Waals surface area contributed by atoms with Crippen LogP contribution in [0.25, 0.3) is 0 Å². The van der Waals surface area contributed by atoms with Gasteiger partial charge in [-0.15, -0.1) is 11.6 Å². The summed E-state index contributed by atoms with van der Waals surface area (Å²) in [6, 6.07) is 0. The molecule has 0 heterocycles. The van der Waals surface area contributed by atoms with Crippen LogP contribution < -0.4 is 0 Å². The second-order valence-corrected chi connectivity index (χ2v) is 3.22. The van der Waals surface area contributed by atoms with Crippen LogP contribution in [0.4, 0.5) is 0 Å². The minimum atomic E-state index is -0.0907. The Bertz CT molecular complexity index is 126. The molecule has 0 fully saturated rings. The fraction of sp³-hybridized carbons (Fsp3) is 0.889. The number of hydrogen-bond donors (Lipinski definition) is 0. The molecule has 0 spiro atoms. The molecule has 0 unspecified atom stereocenters. The number of carbonyl (C=O) groups is 1. The van der Waals surface area contributed by atoms with Crippen LogP contribution in [0.15, 0.2) is 0 Å². The van der Waals surface area contributed by atoms with Crippen LogP contribution in [0.2, 0.25) is 0 Å². The predicted octanol–water partition coefficient (Wildman–Crippen LogP) is 2.59. The Balaban J connectivity index is 3.42. The van der Waals surface area contributed by atoms with E-state index in [1.54, 1.807) is 0 Å². The van der Waals surface area contributed by atoms with E-state index >= 15 is 0 Å². The third kappa shape index (κ3) is 5.42. The van der Waals surface area contributed by atoms with Gasteiger partial charge in [-0.2, -0.15) is 0 Å². The SMILES string of the molecule is CCOC(=O)[C@@H](C)CCCCCl. The third-order valence-corrected chi connectivity index (χ3v) is 1.98. The van der Waals surface area contributed by atoms with Gasteiger partial charge in [0, 0.05) is 5.88 Å². The first-order valence-corrected chi connectivity index (χ1v) is 4.98. The second-order valence-electron chi connectivity index (χ2n) is 2.84. The van der Waals surface area contributed by atoms with E-state index in [0.717, 1.165) is 19.3 Å². The molecule has 0 aliphatic rings. The second kappa shape index (κ2) is 7.41. The van der Waals surface area contributed by atoms with Crippen molar-refractivity contribution in [2.75, 3.05) is 12.5 Å². The third-order valence-electron chi connectivity index (χ3n) is 1.71. The molecule has 0 aromatic rings. The molecule has 0 aliphatic carbocycles. The molecule has 0 radical (unpaired) electrons. The molecule has 0 amide bonds. The standard InChI is InChI=1S/C9H17ClO2/c1-3-12-9(11)8(2)6-4-5-7-10/h8H,3-7H2,1-2H3/t8-/m0/s1. The first-order valence-electron chi connectivity index (χ1n) is 4.45. The molecule has 2 nitrogen and oxygen atoms in total. The molecule has 0 rings (SSSR count). The van der Waals surface area contributed by atoms with Gasteiger partial charge in [-0.1, -0.05) is 13.3 Å². The van der Waals surface area contributed by atoms with Crippen LogP contribution >= 0.6 is 11.6 Å². The van der Waals surface area contributed by atoms with Crippen molar-refractivity contribution in [2.45, 2.75) is 33.1 Å². The summed E-state index contributed by atoms with van der Waals surface area (Å²) in [5, 5.41) is 0. The molecule has 72 valence electrons. The normalized spacial score (nSPS) is 12.6. The van der Waals surface area contributed by atoms with Crippen molar-refractivity contribution in [1.29, 1.82) is 0 Å². The van der Waals surface area contributed by atoms with Gasteiger partial charge in [-0.05, 0) is 19.8 Å². The molecular formula is C9H17ClO2. The molecule has 12 heavy (non-hydrogen) atoms. The zero-order chi connectivity index (χ0) is 9.40. The lowest BCUT2D eigenvalue weighted by molar-refractivity contribution is -0.147. The number of ether oxygens (including phenoxy) is 1. The molecule has 0 N–H and O–H groups in total. The van der Waals surface area contributed by atoms with Gasteiger partial charge in [0.25, 0.3) is 0 Å². The van der Waals surface area contributed by atoms with Crippen LogP contribution in [-0.4, -0.2) is 18.5 Å². The van der Waals surface area contributed by atoms with Crippen molar-refractivity contribution in [3.63, 3.8) is 0 Å². The summed E-state index contributed by atoms with van der Waals surface area (Å²) in [6.07, 6.45) is 2.86.